The van der Waals surface area contributed by atoms with Crippen molar-refractivity contribution in [3.8, 4) is 11.5 Å². The molecule has 3 N–H and O–H groups in total. The van der Waals surface area contributed by atoms with E-state index in [1.165, 1.54) is 11.3 Å². The number of sulfonamides is 1. The van der Waals surface area contributed by atoms with Crippen molar-refractivity contribution in [1.29, 1.82) is 0 Å². The van der Waals surface area contributed by atoms with Gasteiger partial charge in [-0.2, -0.15) is 0 Å². The molecular weight excluding hydrogens is 400 g/mol. The van der Waals surface area contributed by atoms with Gasteiger partial charge in [-0.1, -0.05) is 0 Å². The van der Waals surface area contributed by atoms with E-state index in [1.807, 2.05) is 26.0 Å². The average molecular weight is 427 g/mol. The molecule has 2 aromatic rings. The Labute approximate surface area is 170 Å². The maximum absolute atomic E-state index is 12.2. The lowest BCUT2D eigenvalue weighted by molar-refractivity contribution is 0.311. The highest BCUT2D eigenvalue weighted by Crippen LogP contribution is 2.30. The van der Waals surface area contributed by atoms with Crippen LogP contribution in [0.4, 0.5) is 5.69 Å². The second kappa shape index (κ2) is 10.3. The molecular formula is C18H26N4O4S2. The number of hydrogen-bond donors (Lipinski definition) is 3. The third kappa shape index (κ3) is 6.11. The zero-order valence-electron chi connectivity index (χ0n) is 16.4. The van der Waals surface area contributed by atoms with E-state index in [-0.39, 0.29) is 6.54 Å². The fourth-order valence-corrected chi connectivity index (χ4v) is 4.69. The molecule has 0 bridgehead atoms. The fraction of sp³-hybridized carbons (Fsp3) is 0.389. The molecule has 2 rings (SSSR count). The summed E-state index contributed by atoms with van der Waals surface area (Å²) in [4.78, 5) is 5.09. The lowest BCUT2D eigenvalue weighted by Crippen LogP contribution is -2.37. The van der Waals surface area contributed by atoms with Crippen LogP contribution in [-0.2, 0) is 10.0 Å². The van der Waals surface area contributed by atoms with Crippen molar-refractivity contribution >= 4 is 33.0 Å². The summed E-state index contributed by atoms with van der Waals surface area (Å²) >= 11 is 1.24. The van der Waals surface area contributed by atoms with E-state index >= 15 is 0 Å². The molecule has 0 fully saturated rings. The Balaban J connectivity index is 1.88. The first-order valence-electron chi connectivity index (χ1n) is 8.74. The summed E-state index contributed by atoms with van der Waals surface area (Å²) in [6.45, 7) is 4.93. The predicted octanol–water partition coefficient (Wildman–Crippen LogP) is 2.43. The quantitative estimate of drug-likeness (QED) is 0.323. The molecule has 1 aromatic carbocycles. The first kappa shape index (κ1) is 22.0. The molecule has 0 radical (unpaired) electrons. The molecule has 10 heteroatoms. The molecule has 0 amide bonds. The smallest absolute Gasteiger partial charge is 0.250 e. The van der Waals surface area contributed by atoms with Crippen LogP contribution in [0.3, 0.4) is 0 Å². The van der Waals surface area contributed by atoms with Gasteiger partial charge < -0.3 is 20.1 Å². The van der Waals surface area contributed by atoms with Gasteiger partial charge in [0, 0.05) is 36.8 Å². The summed E-state index contributed by atoms with van der Waals surface area (Å²) in [5, 5.41) is 6.20. The first-order chi connectivity index (χ1) is 13.4. The van der Waals surface area contributed by atoms with E-state index in [9.17, 15) is 8.42 Å². The Bertz CT molecular complexity index is 910. The summed E-state index contributed by atoms with van der Waals surface area (Å²) in [6.07, 6.45) is 0. The number of aryl methyl sites for hydroxylation is 1. The normalized spacial score (nSPS) is 11.9. The fourth-order valence-electron chi connectivity index (χ4n) is 2.33. The van der Waals surface area contributed by atoms with Crippen molar-refractivity contribution in [1.82, 2.24) is 10.0 Å². The van der Waals surface area contributed by atoms with Gasteiger partial charge in [-0.05, 0) is 38.1 Å². The number of guanidine groups is 1. The molecule has 28 heavy (non-hydrogen) atoms. The first-order valence-corrected chi connectivity index (χ1v) is 11.0. The molecule has 0 unspecified atom stereocenters. The van der Waals surface area contributed by atoms with E-state index in [0.717, 1.165) is 10.6 Å². The number of benzene rings is 1. The Hall–Kier alpha value is -2.30. The van der Waals surface area contributed by atoms with Crippen LogP contribution in [0.1, 0.15) is 11.8 Å². The number of aliphatic imine (C=N–C) groups is 1. The Morgan fingerprint density at radius 1 is 1.18 bits per heavy atom. The van der Waals surface area contributed by atoms with Gasteiger partial charge in [0.2, 0.25) is 10.0 Å². The second-order valence-electron chi connectivity index (χ2n) is 5.69. The molecule has 154 valence electrons. The van der Waals surface area contributed by atoms with Crippen LogP contribution in [0.25, 0.3) is 0 Å². The van der Waals surface area contributed by atoms with Gasteiger partial charge in [0.15, 0.2) is 17.5 Å². The number of nitrogens with one attached hydrogen (secondary N) is 3. The van der Waals surface area contributed by atoms with Crippen molar-refractivity contribution in [3.05, 3.63) is 35.2 Å². The minimum atomic E-state index is -3.48. The van der Waals surface area contributed by atoms with E-state index in [2.05, 4.69) is 20.3 Å². The molecule has 0 spiro atoms. The SMILES string of the molecule is CCOc1ccc(NC(=NC)NCCNS(=O)(=O)c2ccc(C)s2)cc1OC. The molecule has 8 nitrogen and oxygen atoms in total. The number of thiophene rings is 1. The van der Waals surface area contributed by atoms with Crippen LogP contribution in [-0.4, -0.2) is 48.2 Å². The number of ether oxygens (including phenoxy) is 2. The van der Waals surface area contributed by atoms with Gasteiger partial charge in [0.1, 0.15) is 4.21 Å². The number of rotatable bonds is 9. The van der Waals surface area contributed by atoms with E-state index in [0.29, 0.717) is 34.8 Å². The van der Waals surface area contributed by atoms with Gasteiger partial charge in [0.05, 0.1) is 13.7 Å². The van der Waals surface area contributed by atoms with E-state index < -0.39 is 10.0 Å². The molecule has 1 aromatic heterocycles. The van der Waals surface area contributed by atoms with Gasteiger partial charge in [-0.15, -0.1) is 11.3 Å². The predicted molar refractivity (Wildman–Crippen MR) is 113 cm³/mol. The van der Waals surface area contributed by atoms with Gasteiger partial charge >= 0.3 is 0 Å². The molecule has 1 heterocycles. The zero-order chi connectivity index (χ0) is 20.6. The van der Waals surface area contributed by atoms with Crippen LogP contribution < -0.4 is 24.8 Å². The summed E-state index contributed by atoms with van der Waals surface area (Å²) in [5.41, 5.74) is 0.767. The topological polar surface area (TPSA) is 101 Å². The highest BCUT2D eigenvalue weighted by atomic mass is 32.2. The average Bonchev–Trinajstić information content (AvgIpc) is 3.12. The molecule has 0 atom stereocenters. The summed E-state index contributed by atoms with van der Waals surface area (Å²) in [7, 11) is -0.267. The van der Waals surface area contributed by atoms with E-state index in [4.69, 9.17) is 9.47 Å². The Morgan fingerprint density at radius 3 is 2.57 bits per heavy atom. The third-order valence-corrected chi connectivity index (χ3v) is 6.59. The van der Waals surface area contributed by atoms with E-state index in [1.54, 1.807) is 32.4 Å². The number of methoxy groups -OCH3 is 1. The van der Waals surface area contributed by atoms with Crippen molar-refractivity contribution < 1.29 is 17.9 Å². The van der Waals surface area contributed by atoms with Crippen LogP contribution >= 0.6 is 11.3 Å². The summed E-state index contributed by atoms with van der Waals surface area (Å²) in [6, 6.07) is 8.86. The standard InChI is InChI=1S/C18H26N4O4S2/c1-5-26-15-8-7-14(12-16(15)25-4)22-18(19-3)20-10-11-21-28(23,24)17-9-6-13(2)27-17/h6-9,12,21H,5,10-11H2,1-4H3,(H2,19,20,22). The lowest BCUT2D eigenvalue weighted by atomic mass is 10.2. The van der Waals surface area contributed by atoms with Crippen LogP contribution in [0.15, 0.2) is 39.5 Å². The van der Waals surface area contributed by atoms with Crippen molar-refractivity contribution in [2.45, 2.75) is 18.1 Å². The number of anilines is 1. The van der Waals surface area contributed by atoms with Gasteiger partial charge in [-0.3, -0.25) is 4.99 Å². The molecule has 0 saturated heterocycles. The zero-order valence-corrected chi connectivity index (χ0v) is 18.0. The molecule has 0 saturated carbocycles. The lowest BCUT2D eigenvalue weighted by Gasteiger charge is -2.14. The van der Waals surface area contributed by atoms with Crippen LogP contribution in [0.5, 0.6) is 11.5 Å². The van der Waals surface area contributed by atoms with Gasteiger partial charge in [-0.25, -0.2) is 13.1 Å². The Kier molecular flexibility index (Phi) is 8.09. The summed E-state index contributed by atoms with van der Waals surface area (Å²) in [5.74, 6) is 1.79. The van der Waals surface area contributed by atoms with Crippen molar-refractivity contribution in [2.75, 3.05) is 39.2 Å². The molecule has 0 aliphatic heterocycles. The minimum Gasteiger partial charge on any atom is -0.493 e. The molecule has 0 aliphatic rings. The minimum absolute atomic E-state index is 0.229. The number of nitrogens with zero attached hydrogens (tertiary/aromatic N) is 1. The largest absolute Gasteiger partial charge is 0.493 e. The highest BCUT2D eigenvalue weighted by Gasteiger charge is 2.15. The van der Waals surface area contributed by atoms with Gasteiger partial charge in [0.25, 0.3) is 0 Å². The monoisotopic (exact) mass is 426 g/mol. The summed E-state index contributed by atoms with van der Waals surface area (Å²) < 4.78 is 38.1. The molecule has 0 aliphatic carbocycles. The third-order valence-electron chi connectivity index (χ3n) is 3.64. The van der Waals surface area contributed by atoms with Crippen molar-refractivity contribution in [2.24, 2.45) is 4.99 Å². The Morgan fingerprint density at radius 2 is 1.96 bits per heavy atom. The maximum atomic E-state index is 12.2. The highest BCUT2D eigenvalue weighted by molar-refractivity contribution is 7.91. The van der Waals surface area contributed by atoms with Crippen LogP contribution in [0, 0.1) is 6.92 Å². The second-order valence-corrected chi connectivity index (χ2v) is 8.97. The number of hydrogen-bond acceptors (Lipinski definition) is 6. The van der Waals surface area contributed by atoms with Crippen LogP contribution in [0.2, 0.25) is 0 Å². The maximum Gasteiger partial charge on any atom is 0.250 e. The van der Waals surface area contributed by atoms with Crippen molar-refractivity contribution in [3.63, 3.8) is 0 Å².